The third-order valence-corrected chi connectivity index (χ3v) is 4.04. The van der Waals surface area contributed by atoms with Gasteiger partial charge in [0, 0.05) is 17.3 Å². The van der Waals surface area contributed by atoms with Gasteiger partial charge in [0.15, 0.2) is 0 Å². The molecular weight excluding hydrogens is 216 g/mol. The molecule has 0 aliphatic heterocycles. The summed E-state index contributed by atoms with van der Waals surface area (Å²) in [5, 5.41) is 4.85. The van der Waals surface area contributed by atoms with E-state index in [0.717, 1.165) is 25.4 Å². The van der Waals surface area contributed by atoms with Crippen molar-refractivity contribution in [3.05, 3.63) is 15.6 Å². The minimum atomic E-state index is 0.792. The SMILES string of the molecule is CCCNCc1sc(CCC)nc1C1CC1. The quantitative estimate of drug-likeness (QED) is 0.736. The van der Waals surface area contributed by atoms with Crippen molar-refractivity contribution >= 4 is 11.3 Å². The lowest BCUT2D eigenvalue weighted by molar-refractivity contribution is 0.676. The second-order valence-corrected chi connectivity index (χ2v) is 5.79. The summed E-state index contributed by atoms with van der Waals surface area (Å²) in [5.74, 6) is 0.792. The minimum Gasteiger partial charge on any atom is -0.312 e. The topological polar surface area (TPSA) is 24.9 Å². The van der Waals surface area contributed by atoms with Crippen LogP contribution >= 0.6 is 11.3 Å². The Morgan fingerprint density at radius 2 is 2.12 bits per heavy atom. The number of aryl methyl sites for hydroxylation is 1. The fourth-order valence-corrected chi connectivity index (χ4v) is 3.14. The molecule has 0 aromatic carbocycles. The molecule has 1 aromatic rings. The number of rotatable bonds is 7. The smallest absolute Gasteiger partial charge is 0.0931 e. The normalized spacial score (nSPS) is 15.6. The van der Waals surface area contributed by atoms with Crippen LogP contribution in [0.5, 0.6) is 0 Å². The van der Waals surface area contributed by atoms with E-state index < -0.39 is 0 Å². The fourth-order valence-electron chi connectivity index (χ4n) is 1.92. The first kappa shape index (κ1) is 12.1. The highest BCUT2D eigenvalue weighted by atomic mass is 32.1. The van der Waals surface area contributed by atoms with Gasteiger partial charge in [0.25, 0.3) is 0 Å². The molecule has 1 N–H and O–H groups in total. The Bertz CT molecular complexity index is 329. The van der Waals surface area contributed by atoms with Gasteiger partial charge in [0.05, 0.1) is 10.7 Å². The average Bonchev–Trinajstić information content (AvgIpc) is 3.04. The summed E-state index contributed by atoms with van der Waals surface area (Å²) in [7, 11) is 0. The summed E-state index contributed by atoms with van der Waals surface area (Å²) in [5.41, 5.74) is 1.41. The summed E-state index contributed by atoms with van der Waals surface area (Å²) in [6.45, 7) is 6.59. The highest BCUT2D eigenvalue weighted by Crippen LogP contribution is 2.42. The number of hydrogen-bond donors (Lipinski definition) is 1. The molecule has 2 nitrogen and oxygen atoms in total. The van der Waals surface area contributed by atoms with Crippen LogP contribution in [0, 0.1) is 0 Å². The van der Waals surface area contributed by atoms with Gasteiger partial charge in [0.2, 0.25) is 0 Å². The van der Waals surface area contributed by atoms with E-state index in [9.17, 15) is 0 Å². The van der Waals surface area contributed by atoms with Gasteiger partial charge in [-0.15, -0.1) is 11.3 Å². The molecule has 0 atom stereocenters. The molecule has 0 radical (unpaired) electrons. The highest BCUT2D eigenvalue weighted by Gasteiger charge is 2.29. The maximum Gasteiger partial charge on any atom is 0.0931 e. The molecule has 1 aliphatic rings. The Kier molecular flexibility index (Phi) is 4.36. The number of aromatic nitrogens is 1. The third-order valence-electron chi connectivity index (χ3n) is 2.91. The van der Waals surface area contributed by atoms with Crippen LogP contribution in [0.25, 0.3) is 0 Å². The Morgan fingerprint density at radius 3 is 2.75 bits per heavy atom. The molecule has 1 heterocycles. The lowest BCUT2D eigenvalue weighted by Crippen LogP contribution is -2.13. The van der Waals surface area contributed by atoms with Crippen LogP contribution in [0.15, 0.2) is 0 Å². The lowest BCUT2D eigenvalue weighted by atomic mass is 10.2. The average molecular weight is 238 g/mol. The molecule has 0 amide bonds. The van der Waals surface area contributed by atoms with Gasteiger partial charge < -0.3 is 5.32 Å². The molecule has 1 aromatic heterocycles. The van der Waals surface area contributed by atoms with Crippen molar-refractivity contribution < 1.29 is 0 Å². The molecule has 3 heteroatoms. The Labute approximate surface area is 102 Å². The first-order chi connectivity index (χ1) is 7.85. The first-order valence-corrected chi connectivity index (χ1v) is 7.36. The van der Waals surface area contributed by atoms with Crippen LogP contribution in [0.3, 0.4) is 0 Å². The number of nitrogens with zero attached hydrogens (tertiary/aromatic N) is 1. The van der Waals surface area contributed by atoms with E-state index in [1.165, 1.54) is 41.3 Å². The number of thiazole rings is 1. The number of hydrogen-bond acceptors (Lipinski definition) is 3. The zero-order chi connectivity index (χ0) is 11.4. The van der Waals surface area contributed by atoms with Gasteiger partial charge in [-0.3, -0.25) is 0 Å². The van der Waals surface area contributed by atoms with Crippen molar-refractivity contribution in [1.29, 1.82) is 0 Å². The van der Waals surface area contributed by atoms with Crippen molar-refractivity contribution in [2.45, 2.75) is 58.4 Å². The van der Waals surface area contributed by atoms with Crippen LogP contribution in [0.1, 0.15) is 61.0 Å². The predicted molar refractivity (Wildman–Crippen MR) is 70.1 cm³/mol. The predicted octanol–water partition coefficient (Wildman–Crippen LogP) is 3.47. The van der Waals surface area contributed by atoms with E-state index in [1.54, 1.807) is 0 Å². The summed E-state index contributed by atoms with van der Waals surface area (Å²) in [6, 6.07) is 0. The Balaban J connectivity index is 2.01. The largest absolute Gasteiger partial charge is 0.312 e. The van der Waals surface area contributed by atoms with E-state index in [2.05, 4.69) is 19.2 Å². The maximum atomic E-state index is 4.82. The Hall–Kier alpha value is -0.410. The molecule has 2 rings (SSSR count). The van der Waals surface area contributed by atoms with Gasteiger partial charge in [-0.05, 0) is 38.6 Å². The van der Waals surface area contributed by atoms with E-state index in [-0.39, 0.29) is 0 Å². The van der Waals surface area contributed by atoms with Crippen LogP contribution in [-0.2, 0) is 13.0 Å². The zero-order valence-electron chi connectivity index (χ0n) is 10.4. The van der Waals surface area contributed by atoms with Gasteiger partial charge in [-0.1, -0.05) is 13.8 Å². The summed E-state index contributed by atoms with van der Waals surface area (Å²) < 4.78 is 0. The molecule has 0 spiro atoms. The molecule has 1 aliphatic carbocycles. The maximum absolute atomic E-state index is 4.82. The second kappa shape index (κ2) is 5.78. The van der Waals surface area contributed by atoms with Crippen LogP contribution in [0.4, 0.5) is 0 Å². The fraction of sp³-hybridized carbons (Fsp3) is 0.769. The summed E-state index contributed by atoms with van der Waals surface area (Å²) in [6.07, 6.45) is 6.28. The monoisotopic (exact) mass is 238 g/mol. The standard InChI is InChI=1S/C13H22N2S/c1-3-5-12-15-13(10-6-7-10)11(16-12)9-14-8-4-2/h10,14H,3-9H2,1-2H3. The van der Waals surface area contributed by atoms with Gasteiger partial charge in [0.1, 0.15) is 0 Å². The van der Waals surface area contributed by atoms with E-state index in [4.69, 9.17) is 4.98 Å². The van der Waals surface area contributed by atoms with Gasteiger partial charge in [-0.25, -0.2) is 4.98 Å². The van der Waals surface area contributed by atoms with Crippen molar-refractivity contribution in [1.82, 2.24) is 10.3 Å². The lowest BCUT2D eigenvalue weighted by Gasteiger charge is -2.01. The molecule has 16 heavy (non-hydrogen) atoms. The molecule has 1 fully saturated rings. The van der Waals surface area contributed by atoms with E-state index >= 15 is 0 Å². The molecule has 0 unspecified atom stereocenters. The van der Waals surface area contributed by atoms with Crippen LogP contribution < -0.4 is 5.32 Å². The van der Waals surface area contributed by atoms with Crippen LogP contribution in [-0.4, -0.2) is 11.5 Å². The van der Waals surface area contributed by atoms with Crippen molar-refractivity contribution in [3.8, 4) is 0 Å². The molecule has 0 bridgehead atoms. The zero-order valence-corrected chi connectivity index (χ0v) is 11.2. The first-order valence-electron chi connectivity index (χ1n) is 6.54. The molecule has 1 saturated carbocycles. The molecule has 90 valence electrons. The second-order valence-electron chi connectivity index (χ2n) is 4.62. The van der Waals surface area contributed by atoms with E-state index in [0.29, 0.717) is 0 Å². The Morgan fingerprint density at radius 1 is 1.31 bits per heavy atom. The number of nitrogens with one attached hydrogen (secondary N) is 1. The van der Waals surface area contributed by atoms with Gasteiger partial charge in [-0.2, -0.15) is 0 Å². The third kappa shape index (κ3) is 3.05. The summed E-state index contributed by atoms with van der Waals surface area (Å²) >= 11 is 1.93. The van der Waals surface area contributed by atoms with Crippen molar-refractivity contribution in [3.63, 3.8) is 0 Å². The molecule has 0 saturated heterocycles. The summed E-state index contributed by atoms with van der Waals surface area (Å²) in [4.78, 5) is 6.32. The van der Waals surface area contributed by atoms with Crippen LogP contribution in [0.2, 0.25) is 0 Å². The highest BCUT2D eigenvalue weighted by molar-refractivity contribution is 7.11. The van der Waals surface area contributed by atoms with Crippen molar-refractivity contribution in [2.24, 2.45) is 0 Å². The van der Waals surface area contributed by atoms with E-state index in [1.807, 2.05) is 11.3 Å². The minimum absolute atomic E-state index is 0.792. The van der Waals surface area contributed by atoms with Crippen molar-refractivity contribution in [2.75, 3.05) is 6.54 Å². The molecular formula is C13H22N2S. The van der Waals surface area contributed by atoms with Gasteiger partial charge >= 0.3 is 0 Å².